The van der Waals surface area contributed by atoms with Crippen LogP contribution < -0.4 is 0 Å². The SMILES string of the molecule is C=C(C)C(=O)OC(F)(F)C(F)(F)C(F)(F)CCCCCCC(F)(F)F. The lowest BCUT2D eigenvalue weighted by Gasteiger charge is -2.31. The number of rotatable bonds is 10. The van der Waals surface area contributed by atoms with E-state index < -0.39 is 61.4 Å². The van der Waals surface area contributed by atoms with E-state index in [1.165, 1.54) is 0 Å². The average molecular weight is 388 g/mol. The number of unbranched alkanes of at least 4 members (excludes halogenated alkanes) is 3. The number of hydrogen-bond acceptors (Lipinski definition) is 2. The van der Waals surface area contributed by atoms with Crippen LogP contribution in [0.25, 0.3) is 0 Å². The second-order valence-electron chi connectivity index (χ2n) is 5.49. The minimum Gasteiger partial charge on any atom is -0.393 e. The Morgan fingerprint density at radius 1 is 0.840 bits per heavy atom. The lowest BCUT2D eigenvalue weighted by molar-refractivity contribution is -0.384. The van der Waals surface area contributed by atoms with Crippen molar-refractivity contribution in [3.8, 4) is 0 Å². The zero-order chi connectivity index (χ0) is 20.1. The summed E-state index contributed by atoms with van der Waals surface area (Å²) in [6.45, 7) is 3.72. The predicted octanol–water partition coefficient (Wildman–Crippen LogP) is 5.87. The predicted molar refractivity (Wildman–Crippen MR) is 69.5 cm³/mol. The largest absolute Gasteiger partial charge is 0.473 e. The molecule has 0 unspecified atom stereocenters. The van der Waals surface area contributed by atoms with Gasteiger partial charge in [0.05, 0.1) is 0 Å². The zero-order valence-corrected chi connectivity index (χ0v) is 13.2. The molecular weight excluding hydrogens is 371 g/mol. The summed E-state index contributed by atoms with van der Waals surface area (Å²) in [5.41, 5.74) is -0.691. The van der Waals surface area contributed by atoms with Gasteiger partial charge in [0.1, 0.15) is 0 Å². The summed E-state index contributed by atoms with van der Waals surface area (Å²) >= 11 is 0. The van der Waals surface area contributed by atoms with Gasteiger partial charge in [0, 0.05) is 18.4 Å². The van der Waals surface area contributed by atoms with E-state index in [9.17, 15) is 44.3 Å². The second-order valence-corrected chi connectivity index (χ2v) is 5.49. The highest BCUT2D eigenvalue weighted by molar-refractivity contribution is 5.87. The molecule has 0 amide bonds. The molecule has 11 heteroatoms. The van der Waals surface area contributed by atoms with Gasteiger partial charge >= 0.3 is 30.1 Å². The highest BCUT2D eigenvalue weighted by Crippen LogP contribution is 2.48. The number of halogens is 9. The molecule has 0 saturated heterocycles. The van der Waals surface area contributed by atoms with Gasteiger partial charge in [-0.25, -0.2) is 4.79 Å². The Labute approximate surface area is 138 Å². The molecule has 0 spiro atoms. The van der Waals surface area contributed by atoms with Gasteiger partial charge in [-0.3, -0.25) is 0 Å². The summed E-state index contributed by atoms with van der Waals surface area (Å²) in [5.74, 6) is -13.2. The van der Waals surface area contributed by atoms with Crippen LogP contribution in [-0.2, 0) is 9.53 Å². The summed E-state index contributed by atoms with van der Waals surface area (Å²) in [4.78, 5) is 10.9. The van der Waals surface area contributed by atoms with Crippen molar-refractivity contribution in [2.45, 2.75) is 69.6 Å². The third kappa shape index (κ3) is 7.15. The first-order valence-electron chi connectivity index (χ1n) is 7.12. The summed E-state index contributed by atoms with van der Waals surface area (Å²) in [5, 5.41) is 0. The molecule has 0 heterocycles. The Balaban J connectivity index is 4.66. The molecule has 0 bridgehead atoms. The molecule has 0 aliphatic carbocycles. The van der Waals surface area contributed by atoms with Crippen LogP contribution in [0, 0.1) is 0 Å². The van der Waals surface area contributed by atoms with Crippen LogP contribution in [0.2, 0.25) is 0 Å². The van der Waals surface area contributed by atoms with Crippen molar-refractivity contribution in [2.75, 3.05) is 0 Å². The van der Waals surface area contributed by atoms with Gasteiger partial charge in [0.25, 0.3) is 0 Å². The fourth-order valence-corrected chi connectivity index (χ4v) is 1.66. The topological polar surface area (TPSA) is 26.3 Å². The van der Waals surface area contributed by atoms with Crippen molar-refractivity contribution < 1.29 is 49.0 Å². The van der Waals surface area contributed by atoms with Gasteiger partial charge in [-0.2, -0.15) is 39.5 Å². The summed E-state index contributed by atoms with van der Waals surface area (Å²) in [6, 6.07) is 0. The normalized spacial score (nSPS) is 13.7. The van der Waals surface area contributed by atoms with Gasteiger partial charge in [0.15, 0.2) is 0 Å². The first-order chi connectivity index (χ1) is 11.0. The van der Waals surface area contributed by atoms with Crippen LogP contribution in [0.3, 0.4) is 0 Å². The fraction of sp³-hybridized carbons (Fsp3) is 0.786. The van der Waals surface area contributed by atoms with Crippen molar-refractivity contribution in [3.63, 3.8) is 0 Å². The number of ether oxygens (including phenoxy) is 1. The Morgan fingerprint density at radius 2 is 1.28 bits per heavy atom. The van der Waals surface area contributed by atoms with Crippen LogP contribution in [-0.4, -0.2) is 30.1 Å². The van der Waals surface area contributed by atoms with Crippen molar-refractivity contribution >= 4 is 5.97 Å². The third-order valence-electron chi connectivity index (χ3n) is 3.10. The molecule has 0 aromatic carbocycles. The van der Waals surface area contributed by atoms with Gasteiger partial charge < -0.3 is 4.74 Å². The van der Waals surface area contributed by atoms with Crippen molar-refractivity contribution in [3.05, 3.63) is 12.2 Å². The van der Waals surface area contributed by atoms with E-state index in [0.29, 0.717) is 0 Å². The number of carbonyl (C=O) groups is 1. The van der Waals surface area contributed by atoms with Crippen LogP contribution >= 0.6 is 0 Å². The van der Waals surface area contributed by atoms with Crippen LogP contribution in [0.1, 0.15) is 45.4 Å². The van der Waals surface area contributed by atoms with Crippen LogP contribution in [0.15, 0.2) is 12.2 Å². The standard InChI is InChI=1S/C14H17F9O2/c1-9(2)10(24)25-14(22,23)13(20,21)11(15,16)7-5-3-4-6-8-12(17,18)19/h1,3-8H2,2H3. The summed E-state index contributed by atoms with van der Waals surface area (Å²) in [7, 11) is 0. The maximum absolute atomic E-state index is 13.4. The van der Waals surface area contributed by atoms with Gasteiger partial charge in [-0.1, -0.05) is 19.4 Å². The molecule has 0 aliphatic heterocycles. The highest BCUT2D eigenvalue weighted by atomic mass is 19.4. The lowest BCUT2D eigenvalue weighted by Crippen LogP contribution is -2.56. The molecule has 0 aromatic rings. The summed E-state index contributed by atoms with van der Waals surface area (Å²) in [6.07, 6.45) is -14.6. The molecule has 0 saturated carbocycles. The first-order valence-corrected chi connectivity index (χ1v) is 7.12. The number of hydrogen-bond donors (Lipinski definition) is 0. The monoisotopic (exact) mass is 388 g/mol. The van der Waals surface area contributed by atoms with E-state index in [1.54, 1.807) is 0 Å². The molecule has 0 N–H and O–H groups in total. The van der Waals surface area contributed by atoms with E-state index in [1.807, 2.05) is 0 Å². The first kappa shape index (κ1) is 23.6. The zero-order valence-electron chi connectivity index (χ0n) is 13.2. The van der Waals surface area contributed by atoms with Crippen molar-refractivity contribution in [1.82, 2.24) is 0 Å². The molecule has 148 valence electrons. The van der Waals surface area contributed by atoms with Gasteiger partial charge in [-0.15, -0.1) is 0 Å². The minimum atomic E-state index is -5.99. The van der Waals surface area contributed by atoms with Gasteiger partial charge in [0.2, 0.25) is 0 Å². The highest BCUT2D eigenvalue weighted by Gasteiger charge is 2.73. The number of alkyl halides is 9. The quantitative estimate of drug-likeness (QED) is 0.202. The maximum atomic E-state index is 13.4. The molecule has 0 aromatic heterocycles. The number of carbonyl (C=O) groups excluding carboxylic acids is 1. The fourth-order valence-electron chi connectivity index (χ4n) is 1.66. The minimum absolute atomic E-state index is 0.178. The van der Waals surface area contributed by atoms with E-state index in [4.69, 9.17) is 0 Å². The van der Waals surface area contributed by atoms with E-state index in [2.05, 4.69) is 11.3 Å². The molecule has 2 nitrogen and oxygen atoms in total. The molecule has 0 aliphatic rings. The van der Waals surface area contributed by atoms with Crippen molar-refractivity contribution in [2.24, 2.45) is 0 Å². The Hall–Kier alpha value is -1.42. The summed E-state index contributed by atoms with van der Waals surface area (Å²) < 4.78 is 119. The number of esters is 1. The maximum Gasteiger partial charge on any atom is 0.473 e. The molecule has 0 atom stereocenters. The lowest BCUT2D eigenvalue weighted by atomic mass is 10.0. The van der Waals surface area contributed by atoms with Crippen molar-refractivity contribution in [1.29, 1.82) is 0 Å². The van der Waals surface area contributed by atoms with E-state index >= 15 is 0 Å². The molecular formula is C14H17F9O2. The van der Waals surface area contributed by atoms with Gasteiger partial charge in [-0.05, 0) is 19.8 Å². The smallest absolute Gasteiger partial charge is 0.393 e. The van der Waals surface area contributed by atoms with Crippen LogP contribution in [0.5, 0.6) is 0 Å². The van der Waals surface area contributed by atoms with E-state index in [-0.39, 0.29) is 12.8 Å². The van der Waals surface area contributed by atoms with E-state index in [0.717, 1.165) is 6.92 Å². The molecule has 0 fully saturated rings. The average Bonchev–Trinajstić information content (AvgIpc) is 2.40. The van der Waals surface area contributed by atoms with Crippen LogP contribution in [0.4, 0.5) is 39.5 Å². The molecule has 25 heavy (non-hydrogen) atoms. The Kier molecular flexibility index (Phi) is 7.83. The Bertz CT molecular complexity index is 469. The second kappa shape index (κ2) is 8.31. The molecule has 0 radical (unpaired) electrons. The Morgan fingerprint density at radius 3 is 1.68 bits per heavy atom. The molecule has 0 rings (SSSR count). The third-order valence-corrected chi connectivity index (χ3v) is 3.10.